The van der Waals surface area contributed by atoms with Gasteiger partial charge in [0.2, 0.25) is 0 Å². The molecular formula is C25H23ClF3N3OS. The number of allylic oxidation sites excluding steroid dienone is 2. The average molecular weight is 506 g/mol. The summed E-state index contributed by atoms with van der Waals surface area (Å²) in [5, 5.41) is 10.2. The van der Waals surface area contributed by atoms with E-state index in [1.165, 1.54) is 10.7 Å². The summed E-state index contributed by atoms with van der Waals surface area (Å²) >= 11 is 7.95. The van der Waals surface area contributed by atoms with Crippen molar-refractivity contribution in [2.24, 2.45) is 5.41 Å². The number of Topliss-reactive ketones (excluding diaryl/α,β-unsaturated/α-hetero) is 1. The molecule has 34 heavy (non-hydrogen) atoms. The van der Waals surface area contributed by atoms with Crippen LogP contribution in [0.25, 0.3) is 5.69 Å². The summed E-state index contributed by atoms with van der Waals surface area (Å²) in [7, 11) is 0. The fourth-order valence-corrected chi connectivity index (χ4v) is 6.28. The highest BCUT2D eigenvalue weighted by atomic mass is 35.5. The number of carbonyl (C=O) groups excluding carboxylic acids is 1. The van der Waals surface area contributed by atoms with Gasteiger partial charge in [0.1, 0.15) is 5.82 Å². The molecule has 0 saturated carbocycles. The molecule has 0 amide bonds. The summed E-state index contributed by atoms with van der Waals surface area (Å²) in [6.45, 7) is 7.92. The highest BCUT2D eigenvalue weighted by molar-refractivity contribution is 7.10. The van der Waals surface area contributed by atoms with Gasteiger partial charge in [-0.1, -0.05) is 25.4 Å². The molecule has 2 aromatic heterocycles. The smallest absolute Gasteiger partial charge is 0.343 e. The van der Waals surface area contributed by atoms with Crippen LogP contribution in [0.2, 0.25) is 5.02 Å². The number of thiophene rings is 1. The van der Waals surface area contributed by atoms with Crippen molar-refractivity contribution in [3.05, 3.63) is 73.2 Å². The maximum atomic E-state index is 13.5. The van der Waals surface area contributed by atoms with Crippen molar-refractivity contribution in [1.82, 2.24) is 9.78 Å². The van der Waals surface area contributed by atoms with Crippen LogP contribution in [-0.4, -0.2) is 15.6 Å². The molecule has 1 atom stereocenters. The minimum atomic E-state index is -4.51. The second-order valence-electron chi connectivity index (χ2n) is 9.78. The van der Waals surface area contributed by atoms with Crippen LogP contribution in [0.3, 0.4) is 0 Å². The van der Waals surface area contributed by atoms with E-state index in [4.69, 9.17) is 11.6 Å². The number of benzene rings is 1. The molecule has 0 bridgehead atoms. The topological polar surface area (TPSA) is 46.9 Å². The van der Waals surface area contributed by atoms with E-state index in [9.17, 15) is 18.0 Å². The normalized spacial score (nSPS) is 19.6. The van der Waals surface area contributed by atoms with E-state index in [0.717, 1.165) is 39.4 Å². The Morgan fingerprint density at radius 3 is 2.59 bits per heavy atom. The molecule has 0 spiro atoms. The Morgan fingerprint density at radius 1 is 1.21 bits per heavy atom. The van der Waals surface area contributed by atoms with Crippen molar-refractivity contribution >= 4 is 34.5 Å². The lowest BCUT2D eigenvalue weighted by atomic mass is 9.70. The van der Waals surface area contributed by atoms with Crippen molar-refractivity contribution in [1.29, 1.82) is 0 Å². The van der Waals surface area contributed by atoms with Gasteiger partial charge in [-0.05, 0) is 60.9 Å². The Bertz CT molecular complexity index is 1370. The first-order valence-electron chi connectivity index (χ1n) is 10.9. The van der Waals surface area contributed by atoms with Crippen molar-refractivity contribution < 1.29 is 18.0 Å². The Kier molecular flexibility index (Phi) is 5.26. The van der Waals surface area contributed by atoms with Gasteiger partial charge < -0.3 is 5.32 Å². The van der Waals surface area contributed by atoms with Crippen LogP contribution in [0, 0.1) is 19.3 Å². The van der Waals surface area contributed by atoms with Gasteiger partial charge in [-0.2, -0.15) is 18.3 Å². The van der Waals surface area contributed by atoms with E-state index in [1.54, 1.807) is 11.3 Å². The van der Waals surface area contributed by atoms with E-state index < -0.39 is 11.7 Å². The number of nitrogens with one attached hydrogen (secondary N) is 1. The van der Waals surface area contributed by atoms with Crippen LogP contribution in [0.15, 0.2) is 40.9 Å². The van der Waals surface area contributed by atoms with Crippen molar-refractivity contribution in [2.45, 2.75) is 52.6 Å². The standard InChI is InChI=1S/C25H23ClF3N3OS/c1-12-7-8-34-22(12)21-19-13(2)31-32(17-9-14(25(27,28)29)5-6-15(17)26)23(19)30-16-10-24(3,4)11-18(33)20(16)21/h5-9,21,30H,10-11H2,1-4H3/t21-/m1/s1. The number of anilines is 1. The zero-order chi connectivity index (χ0) is 24.6. The van der Waals surface area contributed by atoms with Crippen molar-refractivity contribution in [3.8, 4) is 5.69 Å². The van der Waals surface area contributed by atoms with Crippen LogP contribution in [0.4, 0.5) is 19.0 Å². The number of ketones is 1. The SMILES string of the molecule is Cc1ccsc1[C@H]1C2=C(CC(C)(C)CC2=O)Nc2c1c(C)nn2-c1cc(C(F)(F)F)ccc1Cl. The summed E-state index contributed by atoms with van der Waals surface area (Å²) < 4.78 is 41.9. The predicted molar refractivity (Wildman–Crippen MR) is 128 cm³/mol. The predicted octanol–water partition coefficient (Wildman–Crippen LogP) is 7.42. The highest BCUT2D eigenvalue weighted by Crippen LogP contribution is 2.52. The van der Waals surface area contributed by atoms with Gasteiger partial charge in [-0.3, -0.25) is 4.79 Å². The van der Waals surface area contributed by atoms with E-state index in [1.807, 2.05) is 39.1 Å². The highest BCUT2D eigenvalue weighted by Gasteiger charge is 2.44. The third-order valence-electron chi connectivity index (χ3n) is 6.54. The number of aryl methyl sites for hydroxylation is 2. The molecule has 0 unspecified atom stereocenters. The lowest BCUT2D eigenvalue weighted by Gasteiger charge is -2.38. The van der Waals surface area contributed by atoms with Crippen LogP contribution in [-0.2, 0) is 11.0 Å². The van der Waals surface area contributed by atoms with E-state index in [-0.39, 0.29) is 27.8 Å². The van der Waals surface area contributed by atoms with Gasteiger partial charge in [0.25, 0.3) is 0 Å². The maximum absolute atomic E-state index is 13.5. The molecule has 2 aliphatic rings. The van der Waals surface area contributed by atoms with E-state index >= 15 is 0 Å². The van der Waals surface area contributed by atoms with Gasteiger partial charge in [0, 0.05) is 28.1 Å². The molecule has 9 heteroatoms. The fourth-order valence-electron chi connectivity index (χ4n) is 5.04. The first kappa shape index (κ1) is 23.2. The third-order valence-corrected chi connectivity index (χ3v) is 7.94. The zero-order valence-electron chi connectivity index (χ0n) is 19.1. The zero-order valence-corrected chi connectivity index (χ0v) is 20.7. The summed E-state index contributed by atoms with van der Waals surface area (Å²) in [5.74, 6) is 0.320. The Hall–Kier alpha value is -2.58. The molecule has 1 aliphatic heterocycles. The largest absolute Gasteiger partial charge is 0.416 e. The van der Waals surface area contributed by atoms with Gasteiger partial charge in [0.15, 0.2) is 5.78 Å². The minimum absolute atomic E-state index is 0.0893. The fraction of sp³-hybridized carbons (Fsp3) is 0.360. The molecule has 4 nitrogen and oxygen atoms in total. The van der Waals surface area contributed by atoms with Crippen LogP contribution in [0.1, 0.15) is 59.9 Å². The molecule has 1 aromatic carbocycles. The number of nitrogens with zero attached hydrogens (tertiary/aromatic N) is 2. The molecule has 5 rings (SSSR count). The molecule has 1 N–H and O–H groups in total. The van der Waals surface area contributed by atoms with Gasteiger partial charge >= 0.3 is 6.18 Å². The molecule has 178 valence electrons. The Morgan fingerprint density at radius 2 is 1.94 bits per heavy atom. The second kappa shape index (κ2) is 7.71. The quantitative estimate of drug-likeness (QED) is 0.394. The first-order chi connectivity index (χ1) is 15.9. The summed E-state index contributed by atoms with van der Waals surface area (Å²) in [5.41, 5.74) is 3.14. The molecule has 3 aromatic rings. The number of halogens is 4. The van der Waals surface area contributed by atoms with E-state index in [0.29, 0.717) is 24.4 Å². The van der Waals surface area contributed by atoms with Crippen LogP contribution >= 0.6 is 22.9 Å². The summed E-state index contributed by atoms with van der Waals surface area (Å²) in [6.07, 6.45) is -3.42. The van der Waals surface area contributed by atoms with Gasteiger partial charge in [-0.15, -0.1) is 11.3 Å². The van der Waals surface area contributed by atoms with Gasteiger partial charge in [-0.25, -0.2) is 4.68 Å². The van der Waals surface area contributed by atoms with Crippen LogP contribution < -0.4 is 5.32 Å². The maximum Gasteiger partial charge on any atom is 0.416 e. The molecule has 1 aliphatic carbocycles. The number of rotatable bonds is 2. The van der Waals surface area contributed by atoms with Crippen molar-refractivity contribution in [3.63, 3.8) is 0 Å². The monoisotopic (exact) mass is 505 g/mol. The molecular weight excluding hydrogens is 483 g/mol. The second-order valence-corrected chi connectivity index (χ2v) is 11.1. The Balaban J connectivity index is 1.77. The number of alkyl halides is 3. The van der Waals surface area contributed by atoms with Crippen molar-refractivity contribution in [2.75, 3.05) is 5.32 Å². The number of hydrogen-bond acceptors (Lipinski definition) is 4. The third kappa shape index (κ3) is 3.67. The number of aromatic nitrogens is 2. The lowest BCUT2D eigenvalue weighted by Crippen LogP contribution is -2.34. The number of carbonyl (C=O) groups is 1. The van der Waals surface area contributed by atoms with E-state index in [2.05, 4.69) is 10.4 Å². The summed E-state index contributed by atoms with van der Waals surface area (Å²) in [6, 6.07) is 5.23. The first-order valence-corrected chi connectivity index (χ1v) is 12.2. The Labute approximate surface area is 204 Å². The summed E-state index contributed by atoms with van der Waals surface area (Å²) in [4.78, 5) is 14.4. The molecule has 0 saturated heterocycles. The van der Waals surface area contributed by atoms with Gasteiger partial charge in [0.05, 0.1) is 27.9 Å². The number of fused-ring (bicyclic) bond motifs is 1. The number of hydrogen-bond donors (Lipinski definition) is 1. The average Bonchev–Trinajstić information content (AvgIpc) is 3.28. The lowest BCUT2D eigenvalue weighted by molar-refractivity contribution is -0.137. The molecule has 0 fully saturated rings. The molecule has 3 heterocycles. The van der Waals surface area contributed by atoms with Crippen LogP contribution in [0.5, 0.6) is 0 Å². The minimum Gasteiger partial charge on any atom is -0.343 e. The molecule has 0 radical (unpaired) electrons.